The summed E-state index contributed by atoms with van der Waals surface area (Å²) in [6, 6.07) is 7.47. The Morgan fingerprint density at radius 3 is 3.00 bits per heavy atom. The SMILES string of the molecule is Cc1ccc(-c2ccc(C(=O)NCc3ncn[nH]3)s2)o1. The highest BCUT2D eigenvalue weighted by Crippen LogP contribution is 2.29. The number of aryl methyl sites for hydroxylation is 1. The summed E-state index contributed by atoms with van der Waals surface area (Å²) in [5, 5.41) is 9.19. The second kappa shape index (κ2) is 5.30. The van der Waals surface area contributed by atoms with Crippen molar-refractivity contribution in [2.24, 2.45) is 0 Å². The highest BCUT2D eigenvalue weighted by Gasteiger charge is 2.12. The molecule has 0 saturated heterocycles. The van der Waals surface area contributed by atoms with Crippen LogP contribution >= 0.6 is 11.3 Å². The summed E-state index contributed by atoms with van der Waals surface area (Å²) < 4.78 is 5.54. The maximum Gasteiger partial charge on any atom is 0.261 e. The lowest BCUT2D eigenvalue weighted by molar-refractivity contribution is 0.0954. The van der Waals surface area contributed by atoms with Crippen LogP contribution in [0.4, 0.5) is 0 Å². The number of carbonyl (C=O) groups is 1. The molecule has 0 aliphatic heterocycles. The van der Waals surface area contributed by atoms with Crippen molar-refractivity contribution >= 4 is 17.2 Å². The van der Waals surface area contributed by atoms with Crippen molar-refractivity contribution in [1.82, 2.24) is 20.5 Å². The quantitative estimate of drug-likeness (QED) is 0.772. The van der Waals surface area contributed by atoms with Crippen LogP contribution in [-0.2, 0) is 6.54 Å². The Morgan fingerprint density at radius 2 is 2.30 bits per heavy atom. The van der Waals surface area contributed by atoms with Crippen molar-refractivity contribution in [3.8, 4) is 10.6 Å². The molecular formula is C13H12N4O2S. The van der Waals surface area contributed by atoms with Crippen LogP contribution < -0.4 is 5.32 Å². The average Bonchev–Trinajstić information content (AvgIpc) is 3.16. The van der Waals surface area contributed by atoms with E-state index in [-0.39, 0.29) is 5.91 Å². The first-order valence-electron chi connectivity index (χ1n) is 6.01. The Morgan fingerprint density at radius 1 is 1.40 bits per heavy atom. The van der Waals surface area contributed by atoms with Crippen molar-refractivity contribution in [3.63, 3.8) is 0 Å². The molecule has 3 aromatic heterocycles. The topological polar surface area (TPSA) is 83.8 Å². The normalized spacial score (nSPS) is 10.7. The molecule has 3 heterocycles. The number of carbonyl (C=O) groups excluding carboxylic acids is 1. The maximum absolute atomic E-state index is 12.0. The van der Waals surface area contributed by atoms with E-state index in [1.807, 2.05) is 25.1 Å². The number of nitrogens with zero attached hydrogens (tertiary/aromatic N) is 2. The van der Waals surface area contributed by atoms with E-state index in [9.17, 15) is 4.79 Å². The van der Waals surface area contributed by atoms with Crippen LogP contribution in [0.15, 0.2) is 35.0 Å². The molecule has 2 N–H and O–H groups in total. The zero-order valence-electron chi connectivity index (χ0n) is 10.7. The minimum atomic E-state index is -0.138. The molecular weight excluding hydrogens is 276 g/mol. The Bertz CT molecular complexity index is 714. The first-order chi connectivity index (χ1) is 9.72. The molecule has 3 aromatic rings. The van der Waals surface area contributed by atoms with Crippen molar-refractivity contribution < 1.29 is 9.21 Å². The predicted octanol–water partition coefficient (Wildman–Crippen LogP) is 2.36. The molecule has 0 saturated carbocycles. The first kappa shape index (κ1) is 12.6. The first-order valence-corrected chi connectivity index (χ1v) is 6.83. The molecule has 0 atom stereocenters. The molecule has 0 aromatic carbocycles. The number of aromatic amines is 1. The third kappa shape index (κ3) is 2.62. The zero-order valence-corrected chi connectivity index (χ0v) is 11.5. The lowest BCUT2D eigenvalue weighted by Gasteiger charge is -1.99. The molecule has 0 fully saturated rings. The van der Waals surface area contributed by atoms with E-state index in [4.69, 9.17) is 4.42 Å². The minimum absolute atomic E-state index is 0.138. The van der Waals surface area contributed by atoms with E-state index in [1.54, 1.807) is 6.07 Å². The van der Waals surface area contributed by atoms with Gasteiger partial charge in [-0.1, -0.05) is 0 Å². The monoisotopic (exact) mass is 288 g/mol. The molecule has 102 valence electrons. The summed E-state index contributed by atoms with van der Waals surface area (Å²) >= 11 is 1.39. The molecule has 0 bridgehead atoms. The zero-order chi connectivity index (χ0) is 13.9. The van der Waals surface area contributed by atoms with Gasteiger partial charge in [-0.05, 0) is 31.2 Å². The summed E-state index contributed by atoms with van der Waals surface area (Å²) in [7, 11) is 0. The molecule has 1 amide bonds. The fourth-order valence-electron chi connectivity index (χ4n) is 1.73. The van der Waals surface area contributed by atoms with Gasteiger partial charge in [0.25, 0.3) is 5.91 Å². The highest BCUT2D eigenvalue weighted by molar-refractivity contribution is 7.17. The van der Waals surface area contributed by atoms with Crippen molar-refractivity contribution in [2.75, 3.05) is 0 Å². The largest absolute Gasteiger partial charge is 0.461 e. The number of furan rings is 1. The van der Waals surface area contributed by atoms with E-state index in [1.165, 1.54) is 17.7 Å². The smallest absolute Gasteiger partial charge is 0.261 e. The Kier molecular flexibility index (Phi) is 3.34. The summed E-state index contributed by atoms with van der Waals surface area (Å²) in [6.45, 7) is 2.22. The van der Waals surface area contributed by atoms with E-state index in [0.29, 0.717) is 17.2 Å². The number of hydrogen-bond donors (Lipinski definition) is 2. The number of thiophene rings is 1. The van der Waals surface area contributed by atoms with Crippen LogP contribution in [0.1, 0.15) is 21.3 Å². The van der Waals surface area contributed by atoms with Crippen LogP contribution in [0.25, 0.3) is 10.6 Å². The van der Waals surface area contributed by atoms with Gasteiger partial charge < -0.3 is 9.73 Å². The van der Waals surface area contributed by atoms with Gasteiger partial charge in [-0.15, -0.1) is 11.3 Å². The van der Waals surface area contributed by atoms with Gasteiger partial charge in [-0.2, -0.15) is 5.10 Å². The van der Waals surface area contributed by atoms with Crippen molar-refractivity contribution in [1.29, 1.82) is 0 Å². The standard InChI is InChI=1S/C13H12N4O2S/c1-8-2-3-9(19-8)10-4-5-11(20-10)13(18)14-6-12-15-7-16-17-12/h2-5,7H,6H2,1H3,(H,14,18)(H,15,16,17). The van der Waals surface area contributed by atoms with Gasteiger partial charge in [0, 0.05) is 0 Å². The number of H-pyrrole nitrogens is 1. The Hall–Kier alpha value is -2.41. The highest BCUT2D eigenvalue weighted by atomic mass is 32.1. The molecule has 0 unspecified atom stereocenters. The Labute approximate surface area is 118 Å². The fourth-order valence-corrected chi connectivity index (χ4v) is 2.61. The van der Waals surface area contributed by atoms with Gasteiger partial charge in [-0.3, -0.25) is 9.89 Å². The third-order valence-corrected chi connectivity index (χ3v) is 3.79. The van der Waals surface area contributed by atoms with Crippen LogP contribution in [0.5, 0.6) is 0 Å². The molecule has 0 aliphatic carbocycles. The number of nitrogens with one attached hydrogen (secondary N) is 2. The second-order valence-corrected chi connectivity index (χ2v) is 5.27. The third-order valence-electron chi connectivity index (χ3n) is 2.69. The molecule has 20 heavy (non-hydrogen) atoms. The Balaban J connectivity index is 1.68. The minimum Gasteiger partial charge on any atom is -0.461 e. The van der Waals surface area contributed by atoms with Crippen LogP contribution in [-0.4, -0.2) is 21.1 Å². The molecule has 0 spiro atoms. The predicted molar refractivity (Wildman–Crippen MR) is 74.3 cm³/mol. The number of rotatable bonds is 4. The lowest BCUT2D eigenvalue weighted by atomic mass is 10.3. The number of amides is 1. The molecule has 6 nitrogen and oxygen atoms in total. The number of aromatic nitrogens is 3. The summed E-state index contributed by atoms with van der Waals surface area (Å²) in [5.41, 5.74) is 0. The molecule has 3 rings (SSSR count). The lowest BCUT2D eigenvalue weighted by Crippen LogP contribution is -2.22. The fraction of sp³-hybridized carbons (Fsp3) is 0.154. The van der Waals surface area contributed by atoms with Crippen molar-refractivity contribution in [2.45, 2.75) is 13.5 Å². The van der Waals surface area contributed by atoms with Gasteiger partial charge in [0.2, 0.25) is 0 Å². The summed E-state index contributed by atoms with van der Waals surface area (Å²) in [4.78, 5) is 17.5. The second-order valence-electron chi connectivity index (χ2n) is 4.19. The van der Waals surface area contributed by atoms with Gasteiger partial charge in [0.05, 0.1) is 16.3 Å². The van der Waals surface area contributed by atoms with Crippen LogP contribution in [0.3, 0.4) is 0 Å². The van der Waals surface area contributed by atoms with E-state index in [0.717, 1.165) is 16.4 Å². The van der Waals surface area contributed by atoms with E-state index >= 15 is 0 Å². The van der Waals surface area contributed by atoms with Crippen LogP contribution in [0, 0.1) is 6.92 Å². The van der Waals surface area contributed by atoms with Crippen molar-refractivity contribution in [3.05, 3.63) is 47.1 Å². The van der Waals surface area contributed by atoms with E-state index < -0.39 is 0 Å². The van der Waals surface area contributed by atoms with Gasteiger partial charge in [-0.25, -0.2) is 4.98 Å². The van der Waals surface area contributed by atoms with Gasteiger partial charge in [0.1, 0.15) is 23.7 Å². The van der Waals surface area contributed by atoms with Gasteiger partial charge in [0.15, 0.2) is 0 Å². The van der Waals surface area contributed by atoms with E-state index in [2.05, 4.69) is 20.5 Å². The summed E-state index contributed by atoms with van der Waals surface area (Å²) in [5.74, 6) is 2.12. The average molecular weight is 288 g/mol. The number of hydrogen-bond acceptors (Lipinski definition) is 5. The molecule has 0 aliphatic rings. The maximum atomic E-state index is 12.0. The molecule has 7 heteroatoms. The van der Waals surface area contributed by atoms with Gasteiger partial charge >= 0.3 is 0 Å². The molecule has 0 radical (unpaired) electrons. The van der Waals surface area contributed by atoms with Crippen LogP contribution in [0.2, 0.25) is 0 Å². The summed E-state index contributed by atoms with van der Waals surface area (Å²) in [6.07, 6.45) is 1.41.